The van der Waals surface area contributed by atoms with Crippen LogP contribution >= 0.6 is 11.3 Å². The average molecular weight is 344 g/mol. The summed E-state index contributed by atoms with van der Waals surface area (Å²) in [6, 6.07) is 3.75. The van der Waals surface area contributed by atoms with Crippen molar-refractivity contribution in [2.24, 2.45) is 5.41 Å². The van der Waals surface area contributed by atoms with Crippen LogP contribution in [0.4, 0.5) is 0 Å². The van der Waals surface area contributed by atoms with Crippen molar-refractivity contribution in [1.82, 2.24) is 19.9 Å². The first-order valence-corrected chi connectivity index (χ1v) is 8.57. The molecule has 3 aromatic heterocycles. The van der Waals surface area contributed by atoms with Crippen LogP contribution in [-0.2, 0) is 6.54 Å². The van der Waals surface area contributed by atoms with E-state index >= 15 is 0 Å². The first kappa shape index (κ1) is 16.4. The fourth-order valence-electron chi connectivity index (χ4n) is 2.36. The quantitative estimate of drug-likeness (QED) is 0.769. The number of hydrogen-bond acceptors (Lipinski definition) is 5. The summed E-state index contributed by atoms with van der Waals surface area (Å²) in [5.74, 6) is 0.282. The molecule has 1 atom stereocenters. The molecule has 6 nitrogen and oxygen atoms in total. The first-order valence-electron chi connectivity index (χ1n) is 7.69. The van der Waals surface area contributed by atoms with Crippen molar-refractivity contribution in [3.63, 3.8) is 0 Å². The van der Waals surface area contributed by atoms with Gasteiger partial charge in [-0.25, -0.2) is 9.97 Å². The van der Waals surface area contributed by atoms with Crippen molar-refractivity contribution in [2.45, 2.75) is 33.4 Å². The van der Waals surface area contributed by atoms with E-state index in [1.807, 2.05) is 28.3 Å². The summed E-state index contributed by atoms with van der Waals surface area (Å²) < 4.78 is 7.38. The number of imidazole rings is 1. The molecule has 0 unspecified atom stereocenters. The van der Waals surface area contributed by atoms with Crippen LogP contribution in [0.3, 0.4) is 0 Å². The normalized spacial score (nSPS) is 13.0. The third-order valence-electron chi connectivity index (χ3n) is 3.83. The summed E-state index contributed by atoms with van der Waals surface area (Å²) in [6.07, 6.45) is 6.68. The maximum atomic E-state index is 12.8. The minimum atomic E-state index is -0.229. The SMILES string of the molecule is CC(C)(C)[C@@H](Cn1ccnc1)NC(=O)c1ncoc1-c1cccs1. The molecule has 1 amide bonds. The Morgan fingerprint density at radius 2 is 2.29 bits per heavy atom. The molecule has 0 bridgehead atoms. The zero-order valence-corrected chi connectivity index (χ0v) is 14.7. The zero-order chi connectivity index (χ0) is 17.2. The Kier molecular flexibility index (Phi) is 4.53. The van der Waals surface area contributed by atoms with Gasteiger partial charge >= 0.3 is 0 Å². The molecule has 0 saturated carbocycles. The van der Waals surface area contributed by atoms with Crippen molar-refractivity contribution in [2.75, 3.05) is 0 Å². The summed E-state index contributed by atoms with van der Waals surface area (Å²) >= 11 is 1.51. The first-order chi connectivity index (χ1) is 11.4. The van der Waals surface area contributed by atoms with E-state index in [1.165, 1.54) is 17.7 Å². The number of amides is 1. The second-order valence-corrected chi connectivity index (χ2v) is 7.61. The maximum Gasteiger partial charge on any atom is 0.274 e. The zero-order valence-electron chi connectivity index (χ0n) is 13.9. The second kappa shape index (κ2) is 6.60. The van der Waals surface area contributed by atoms with Crippen LogP contribution in [0.15, 0.2) is 47.0 Å². The molecule has 7 heteroatoms. The Bertz CT molecular complexity index is 785. The van der Waals surface area contributed by atoms with Gasteiger partial charge in [0.25, 0.3) is 5.91 Å². The second-order valence-electron chi connectivity index (χ2n) is 6.66. The van der Waals surface area contributed by atoms with Gasteiger partial charge in [-0.2, -0.15) is 0 Å². The molecule has 0 aliphatic heterocycles. The highest BCUT2D eigenvalue weighted by atomic mass is 32.1. The van der Waals surface area contributed by atoms with Gasteiger partial charge in [0.15, 0.2) is 17.8 Å². The molecule has 126 valence electrons. The Labute approximate surface area is 144 Å². The van der Waals surface area contributed by atoms with Crippen LogP contribution < -0.4 is 5.32 Å². The fraction of sp³-hybridized carbons (Fsp3) is 0.353. The van der Waals surface area contributed by atoms with Crippen molar-refractivity contribution in [1.29, 1.82) is 0 Å². The van der Waals surface area contributed by atoms with Gasteiger partial charge in [-0.1, -0.05) is 26.8 Å². The van der Waals surface area contributed by atoms with Gasteiger partial charge in [-0.3, -0.25) is 4.79 Å². The largest absolute Gasteiger partial charge is 0.442 e. The van der Waals surface area contributed by atoms with Crippen LogP contribution in [0.25, 0.3) is 10.6 Å². The number of oxazole rings is 1. The Hall–Kier alpha value is -2.41. The van der Waals surface area contributed by atoms with Crippen molar-refractivity contribution in [3.8, 4) is 10.6 Å². The molecule has 0 aliphatic carbocycles. The maximum absolute atomic E-state index is 12.8. The standard InChI is InChI=1S/C17H20N4O2S/c1-17(2,3)13(9-21-7-6-18-10-21)20-16(22)14-15(23-11-19-14)12-5-4-8-24-12/h4-8,10-11,13H,9H2,1-3H3,(H,20,22)/t13-/m1/s1. The van der Waals surface area contributed by atoms with Gasteiger partial charge in [-0.15, -0.1) is 11.3 Å². The predicted molar refractivity (Wildman–Crippen MR) is 92.8 cm³/mol. The third kappa shape index (κ3) is 3.56. The molecule has 3 aromatic rings. The lowest BCUT2D eigenvalue weighted by molar-refractivity contribution is 0.0888. The van der Waals surface area contributed by atoms with E-state index < -0.39 is 0 Å². The number of rotatable bonds is 5. The minimum absolute atomic E-state index is 0.0768. The number of aromatic nitrogens is 3. The van der Waals surface area contributed by atoms with E-state index in [0.29, 0.717) is 18.0 Å². The molecule has 3 heterocycles. The Morgan fingerprint density at radius 1 is 1.46 bits per heavy atom. The Balaban J connectivity index is 1.80. The molecular formula is C17H20N4O2S. The van der Waals surface area contributed by atoms with Gasteiger partial charge in [0.2, 0.25) is 0 Å². The van der Waals surface area contributed by atoms with E-state index in [0.717, 1.165) is 4.88 Å². The van der Waals surface area contributed by atoms with Gasteiger partial charge in [0, 0.05) is 18.9 Å². The van der Waals surface area contributed by atoms with E-state index in [4.69, 9.17) is 4.42 Å². The van der Waals surface area contributed by atoms with Crippen LogP contribution in [0.1, 0.15) is 31.3 Å². The molecule has 0 aromatic carbocycles. The topological polar surface area (TPSA) is 73.0 Å². The van der Waals surface area contributed by atoms with Crippen LogP contribution in [0.5, 0.6) is 0 Å². The van der Waals surface area contributed by atoms with Crippen molar-refractivity contribution < 1.29 is 9.21 Å². The van der Waals surface area contributed by atoms with Crippen molar-refractivity contribution >= 4 is 17.2 Å². The molecule has 24 heavy (non-hydrogen) atoms. The number of hydrogen-bond donors (Lipinski definition) is 1. The highest BCUT2D eigenvalue weighted by molar-refractivity contribution is 7.13. The molecular weight excluding hydrogens is 324 g/mol. The lowest BCUT2D eigenvalue weighted by Crippen LogP contribution is -2.46. The molecule has 0 spiro atoms. The van der Waals surface area contributed by atoms with E-state index in [1.54, 1.807) is 12.5 Å². The predicted octanol–water partition coefficient (Wildman–Crippen LogP) is 3.44. The van der Waals surface area contributed by atoms with Gasteiger partial charge in [0.05, 0.1) is 17.2 Å². The highest BCUT2D eigenvalue weighted by Gasteiger charge is 2.29. The molecule has 0 fully saturated rings. The number of carbonyl (C=O) groups excluding carboxylic acids is 1. The summed E-state index contributed by atoms with van der Waals surface area (Å²) in [5.41, 5.74) is 0.199. The summed E-state index contributed by atoms with van der Waals surface area (Å²) in [4.78, 5) is 21.8. The number of nitrogens with zero attached hydrogens (tertiary/aromatic N) is 3. The summed E-state index contributed by atoms with van der Waals surface area (Å²) in [5, 5.41) is 5.04. The molecule has 0 radical (unpaired) electrons. The van der Waals surface area contributed by atoms with Gasteiger partial charge in [-0.05, 0) is 16.9 Å². The number of carbonyl (C=O) groups is 1. The van der Waals surface area contributed by atoms with Crippen LogP contribution in [-0.4, -0.2) is 26.5 Å². The summed E-state index contributed by atoms with van der Waals surface area (Å²) in [7, 11) is 0. The third-order valence-corrected chi connectivity index (χ3v) is 4.70. The molecule has 0 saturated heterocycles. The fourth-order valence-corrected chi connectivity index (χ4v) is 3.07. The molecule has 1 N–H and O–H groups in total. The monoisotopic (exact) mass is 344 g/mol. The summed E-state index contributed by atoms with van der Waals surface area (Å²) in [6.45, 7) is 6.93. The van der Waals surface area contributed by atoms with Gasteiger partial charge < -0.3 is 14.3 Å². The van der Waals surface area contributed by atoms with Gasteiger partial charge in [0.1, 0.15) is 0 Å². The Morgan fingerprint density at radius 3 is 2.92 bits per heavy atom. The number of thiophene rings is 1. The minimum Gasteiger partial charge on any atom is -0.442 e. The van der Waals surface area contributed by atoms with Crippen LogP contribution in [0, 0.1) is 5.41 Å². The molecule has 3 rings (SSSR count). The highest BCUT2D eigenvalue weighted by Crippen LogP contribution is 2.28. The smallest absolute Gasteiger partial charge is 0.274 e. The lowest BCUT2D eigenvalue weighted by atomic mass is 9.86. The van der Waals surface area contributed by atoms with E-state index in [9.17, 15) is 4.79 Å². The average Bonchev–Trinajstić information content (AvgIpc) is 3.26. The number of nitrogens with one attached hydrogen (secondary N) is 1. The van der Waals surface area contributed by atoms with Crippen LogP contribution in [0.2, 0.25) is 0 Å². The van der Waals surface area contributed by atoms with E-state index in [2.05, 4.69) is 36.1 Å². The molecule has 0 aliphatic rings. The lowest BCUT2D eigenvalue weighted by Gasteiger charge is -2.31. The van der Waals surface area contributed by atoms with E-state index in [-0.39, 0.29) is 17.4 Å². The van der Waals surface area contributed by atoms with Crippen molar-refractivity contribution in [3.05, 3.63) is 48.3 Å².